The van der Waals surface area contributed by atoms with Crippen LogP contribution in [0.25, 0.3) is 0 Å². The van der Waals surface area contributed by atoms with Crippen LogP contribution in [0.2, 0.25) is 0 Å². The van der Waals surface area contributed by atoms with E-state index in [0.717, 1.165) is 18.5 Å². The summed E-state index contributed by atoms with van der Waals surface area (Å²) in [6.45, 7) is 0. The van der Waals surface area contributed by atoms with Gasteiger partial charge in [0.25, 0.3) is 5.24 Å². The molecule has 0 saturated heterocycles. The lowest BCUT2D eigenvalue weighted by molar-refractivity contribution is -0.112. The van der Waals surface area contributed by atoms with E-state index in [2.05, 4.69) is 16.1 Å². The molecular formula is C19H17Cl2NO4. The Hall–Kier alpha value is -2.37. The topological polar surface area (TPSA) is 72.5 Å². The third-order valence-corrected chi connectivity index (χ3v) is 4.34. The maximum atomic E-state index is 11.0. The number of carbonyl (C=O) groups excluding carboxylic acids is 3. The van der Waals surface area contributed by atoms with Crippen LogP contribution in [0.15, 0.2) is 48.5 Å². The van der Waals surface area contributed by atoms with Gasteiger partial charge in [-0.25, -0.2) is 4.79 Å². The molecule has 0 aliphatic carbocycles. The van der Waals surface area contributed by atoms with Gasteiger partial charge in [0.15, 0.2) is 0 Å². The van der Waals surface area contributed by atoms with Crippen LogP contribution in [0.4, 0.5) is 5.69 Å². The maximum Gasteiger partial charge on any atom is 0.337 e. The molecule has 0 spiro atoms. The molecule has 2 aromatic carbocycles. The fraction of sp³-hybridized carbons (Fsp3) is 0.211. The highest BCUT2D eigenvalue weighted by molar-refractivity contribution is 6.67. The number of rotatable bonds is 3. The monoisotopic (exact) mass is 393 g/mol. The molecule has 1 unspecified atom stereocenters. The molecule has 1 atom stereocenters. The van der Waals surface area contributed by atoms with Crippen molar-refractivity contribution in [2.75, 3.05) is 12.4 Å². The van der Waals surface area contributed by atoms with Crippen LogP contribution >= 0.6 is 23.2 Å². The second-order valence-corrected chi connectivity index (χ2v) is 6.26. The minimum absolute atomic E-state index is 0.212. The Morgan fingerprint density at radius 2 is 1.62 bits per heavy atom. The van der Waals surface area contributed by atoms with E-state index in [1.54, 1.807) is 0 Å². The summed E-state index contributed by atoms with van der Waals surface area (Å²) in [5.41, 5.74) is 3.04. The summed E-state index contributed by atoms with van der Waals surface area (Å²) < 4.78 is 4.48. The SMILES string of the molecule is COC(=O)c1ccc(C(=O)Cl)cc1.O=C(Cl)C1CCc2ccccc2N1. The predicted octanol–water partition coefficient (Wildman–Crippen LogP) is 4.03. The van der Waals surface area contributed by atoms with Crippen molar-refractivity contribution in [1.29, 1.82) is 0 Å². The van der Waals surface area contributed by atoms with Gasteiger partial charge in [-0.1, -0.05) is 18.2 Å². The van der Waals surface area contributed by atoms with Gasteiger partial charge in [0.1, 0.15) is 6.04 Å². The molecule has 136 valence electrons. The molecule has 7 heteroatoms. The standard InChI is InChI=1S/C10H10ClNO.C9H7ClO3/c11-10(13)9-6-5-7-3-1-2-4-8(7)12-9;1-13-9(12)7-4-2-6(3-5-7)8(10)11/h1-4,9,12H,5-6H2;2-5H,1H3. The van der Waals surface area contributed by atoms with E-state index >= 15 is 0 Å². The number of esters is 1. The third kappa shape index (κ3) is 5.31. The molecule has 3 rings (SSSR count). The summed E-state index contributed by atoms with van der Waals surface area (Å²) >= 11 is 10.6. The van der Waals surface area contributed by atoms with Gasteiger partial charge in [-0.3, -0.25) is 9.59 Å². The number of benzene rings is 2. The first-order valence-electron chi connectivity index (χ1n) is 7.84. The summed E-state index contributed by atoms with van der Waals surface area (Å²) in [7, 11) is 1.29. The lowest BCUT2D eigenvalue weighted by Gasteiger charge is -2.23. The number of fused-ring (bicyclic) bond motifs is 1. The lowest BCUT2D eigenvalue weighted by Crippen LogP contribution is -2.30. The van der Waals surface area contributed by atoms with Crippen molar-refractivity contribution in [3.8, 4) is 0 Å². The van der Waals surface area contributed by atoms with Crippen LogP contribution in [0.3, 0.4) is 0 Å². The Labute approximate surface area is 161 Å². The number of para-hydroxylation sites is 1. The highest BCUT2D eigenvalue weighted by Crippen LogP contribution is 2.24. The molecule has 0 amide bonds. The van der Waals surface area contributed by atoms with Crippen molar-refractivity contribution in [1.82, 2.24) is 0 Å². The minimum atomic E-state index is -0.545. The molecule has 1 aliphatic heterocycles. The van der Waals surface area contributed by atoms with E-state index in [1.807, 2.05) is 18.2 Å². The Morgan fingerprint density at radius 1 is 1.00 bits per heavy atom. The lowest BCUT2D eigenvalue weighted by atomic mass is 9.99. The van der Waals surface area contributed by atoms with Gasteiger partial charge >= 0.3 is 5.97 Å². The second-order valence-electron chi connectivity index (χ2n) is 5.54. The van der Waals surface area contributed by atoms with Gasteiger partial charge in [0, 0.05) is 11.3 Å². The van der Waals surface area contributed by atoms with Gasteiger partial charge in [-0.2, -0.15) is 0 Å². The number of ether oxygens (including phenoxy) is 1. The zero-order chi connectivity index (χ0) is 19.1. The number of hydrogen-bond acceptors (Lipinski definition) is 5. The van der Waals surface area contributed by atoms with Crippen LogP contribution in [0.1, 0.15) is 32.7 Å². The number of aryl methyl sites for hydroxylation is 1. The summed E-state index contributed by atoms with van der Waals surface area (Å²) in [6.07, 6.45) is 1.71. The number of nitrogens with one attached hydrogen (secondary N) is 1. The van der Waals surface area contributed by atoms with Crippen LogP contribution in [0, 0.1) is 0 Å². The third-order valence-electron chi connectivity index (χ3n) is 3.86. The van der Waals surface area contributed by atoms with Gasteiger partial charge in [-0.15, -0.1) is 0 Å². The van der Waals surface area contributed by atoms with Crippen LogP contribution in [0.5, 0.6) is 0 Å². The van der Waals surface area contributed by atoms with Crippen molar-refractivity contribution in [2.45, 2.75) is 18.9 Å². The molecule has 1 aliphatic rings. The zero-order valence-corrected chi connectivity index (χ0v) is 15.5. The Balaban J connectivity index is 0.000000187. The Bertz CT molecular complexity index is 805. The summed E-state index contributed by atoms with van der Waals surface area (Å²) in [5, 5.41) is 2.27. The fourth-order valence-corrected chi connectivity index (χ4v) is 2.75. The van der Waals surface area contributed by atoms with Gasteiger partial charge in [0.05, 0.1) is 12.7 Å². The first-order valence-corrected chi connectivity index (χ1v) is 8.60. The van der Waals surface area contributed by atoms with Crippen molar-refractivity contribution in [3.05, 3.63) is 65.2 Å². The van der Waals surface area contributed by atoms with Crippen molar-refractivity contribution in [2.24, 2.45) is 0 Å². The first-order chi connectivity index (χ1) is 12.4. The molecular weight excluding hydrogens is 377 g/mol. The van der Waals surface area contributed by atoms with E-state index in [0.29, 0.717) is 11.1 Å². The molecule has 0 bridgehead atoms. The quantitative estimate of drug-likeness (QED) is 0.629. The zero-order valence-electron chi connectivity index (χ0n) is 14.0. The van der Waals surface area contributed by atoms with Crippen LogP contribution in [-0.2, 0) is 16.0 Å². The normalized spacial score (nSPS) is 14.8. The molecule has 0 saturated carbocycles. The van der Waals surface area contributed by atoms with E-state index in [4.69, 9.17) is 23.2 Å². The summed E-state index contributed by atoms with van der Waals surface area (Å²) in [6, 6.07) is 13.7. The Kier molecular flexibility index (Phi) is 7.18. The number of hydrogen-bond donors (Lipinski definition) is 1. The average Bonchev–Trinajstić information content (AvgIpc) is 2.67. The molecule has 26 heavy (non-hydrogen) atoms. The highest BCUT2D eigenvalue weighted by Gasteiger charge is 2.21. The van der Waals surface area contributed by atoms with E-state index in [1.165, 1.54) is 36.9 Å². The molecule has 0 fully saturated rings. The average molecular weight is 394 g/mol. The minimum Gasteiger partial charge on any atom is -0.465 e. The molecule has 1 N–H and O–H groups in total. The predicted molar refractivity (Wildman–Crippen MR) is 101 cm³/mol. The molecule has 0 aromatic heterocycles. The molecule has 5 nitrogen and oxygen atoms in total. The molecule has 0 radical (unpaired) electrons. The first kappa shape index (κ1) is 19.9. The molecule has 1 heterocycles. The summed E-state index contributed by atoms with van der Waals surface area (Å²) in [5.74, 6) is -0.437. The van der Waals surface area contributed by atoms with E-state index in [-0.39, 0.29) is 11.3 Å². The van der Waals surface area contributed by atoms with E-state index in [9.17, 15) is 14.4 Å². The fourth-order valence-electron chi connectivity index (χ4n) is 2.46. The number of carbonyl (C=O) groups is 3. The smallest absolute Gasteiger partial charge is 0.337 e. The second kappa shape index (κ2) is 9.36. The van der Waals surface area contributed by atoms with Crippen molar-refractivity contribution >= 4 is 45.3 Å². The maximum absolute atomic E-state index is 11.0. The van der Waals surface area contributed by atoms with Crippen LogP contribution in [-0.4, -0.2) is 29.6 Å². The molecule has 2 aromatic rings. The number of halogens is 2. The van der Waals surface area contributed by atoms with Gasteiger partial charge in [0.2, 0.25) is 5.24 Å². The Morgan fingerprint density at radius 3 is 2.19 bits per heavy atom. The van der Waals surface area contributed by atoms with Crippen LogP contribution < -0.4 is 5.32 Å². The largest absolute Gasteiger partial charge is 0.465 e. The summed E-state index contributed by atoms with van der Waals surface area (Å²) in [4.78, 5) is 32.5. The number of methoxy groups -OCH3 is 1. The van der Waals surface area contributed by atoms with E-state index < -0.39 is 11.2 Å². The van der Waals surface area contributed by atoms with Crippen molar-refractivity contribution in [3.63, 3.8) is 0 Å². The highest BCUT2D eigenvalue weighted by atomic mass is 35.5. The van der Waals surface area contributed by atoms with Gasteiger partial charge < -0.3 is 10.1 Å². The number of anilines is 1. The van der Waals surface area contributed by atoms with Crippen molar-refractivity contribution < 1.29 is 19.1 Å². The van der Waals surface area contributed by atoms with Gasteiger partial charge in [-0.05, 0) is 71.9 Å².